The minimum Gasteiger partial charge on any atom is -0.496 e. The molecule has 0 spiro atoms. The summed E-state index contributed by atoms with van der Waals surface area (Å²) in [5.74, 6) is -0.344. The highest BCUT2D eigenvalue weighted by Gasteiger charge is 2.16. The fourth-order valence-corrected chi connectivity index (χ4v) is 3.22. The number of carbonyl (C=O) groups excluding carboxylic acids is 2. The molecule has 0 saturated carbocycles. The van der Waals surface area contributed by atoms with E-state index in [1.54, 1.807) is 12.1 Å². The molecule has 0 aliphatic carbocycles. The molecule has 0 unspecified atom stereocenters. The van der Waals surface area contributed by atoms with Crippen molar-refractivity contribution >= 4 is 27.6 Å². The number of rotatable bonds is 8. The molecule has 9 heteroatoms. The van der Waals surface area contributed by atoms with E-state index in [4.69, 9.17) is 4.74 Å². The predicted octanol–water partition coefficient (Wildman–Crippen LogP) is 1.33. The van der Waals surface area contributed by atoms with E-state index in [0.717, 1.165) is 5.56 Å². The van der Waals surface area contributed by atoms with Gasteiger partial charge in [-0.15, -0.1) is 0 Å². The van der Waals surface area contributed by atoms with E-state index in [0.29, 0.717) is 11.4 Å². The zero-order valence-electron chi connectivity index (χ0n) is 14.9. The van der Waals surface area contributed by atoms with E-state index >= 15 is 0 Å². The van der Waals surface area contributed by atoms with E-state index in [9.17, 15) is 18.0 Å². The van der Waals surface area contributed by atoms with Gasteiger partial charge in [-0.2, -0.15) is 4.72 Å². The molecule has 8 nitrogen and oxygen atoms in total. The average Bonchev–Trinajstić information content (AvgIpc) is 2.67. The molecule has 0 aromatic heterocycles. The number of methoxy groups -OCH3 is 2. The van der Waals surface area contributed by atoms with Crippen molar-refractivity contribution in [2.45, 2.75) is 11.3 Å². The molecule has 27 heavy (non-hydrogen) atoms. The molecule has 2 N–H and O–H groups in total. The first-order chi connectivity index (χ1) is 12.9. The minimum atomic E-state index is -3.85. The summed E-state index contributed by atoms with van der Waals surface area (Å²) in [6.07, 6.45) is 0.116. The van der Waals surface area contributed by atoms with Crippen LogP contribution in [-0.2, 0) is 30.8 Å². The number of benzene rings is 2. The van der Waals surface area contributed by atoms with Crippen LogP contribution in [0.2, 0.25) is 0 Å². The zero-order chi connectivity index (χ0) is 19.9. The lowest BCUT2D eigenvalue weighted by Crippen LogP contribution is -2.30. The number of para-hydroxylation sites is 1. The Morgan fingerprint density at radius 2 is 1.67 bits per heavy atom. The maximum Gasteiger partial charge on any atom is 0.320 e. The molecule has 0 fully saturated rings. The summed E-state index contributed by atoms with van der Waals surface area (Å²) in [6, 6.07) is 12.8. The van der Waals surface area contributed by atoms with Crippen molar-refractivity contribution in [1.82, 2.24) is 4.72 Å². The van der Waals surface area contributed by atoms with Gasteiger partial charge in [0.2, 0.25) is 15.9 Å². The van der Waals surface area contributed by atoms with Crippen LogP contribution in [0.3, 0.4) is 0 Å². The number of anilines is 1. The molecule has 0 atom stereocenters. The minimum absolute atomic E-state index is 0.0332. The monoisotopic (exact) mass is 392 g/mol. The van der Waals surface area contributed by atoms with E-state index < -0.39 is 22.5 Å². The Morgan fingerprint density at radius 3 is 2.30 bits per heavy atom. The molecular formula is C18H20N2O6S. The number of amides is 1. The van der Waals surface area contributed by atoms with Crippen molar-refractivity contribution in [3.05, 3.63) is 54.1 Å². The van der Waals surface area contributed by atoms with Gasteiger partial charge in [0.15, 0.2) is 0 Å². The van der Waals surface area contributed by atoms with Gasteiger partial charge < -0.3 is 14.8 Å². The lowest BCUT2D eigenvalue weighted by Gasteiger charge is -2.10. The van der Waals surface area contributed by atoms with Gasteiger partial charge in [0.1, 0.15) is 12.3 Å². The first-order valence-electron chi connectivity index (χ1n) is 7.94. The van der Waals surface area contributed by atoms with Crippen LogP contribution in [0.5, 0.6) is 5.75 Å². The summed E-state index contributed by atoms with van der Waals surface area (Å²) in [5.41, 5.74) is 1.19. The van der Waals surface area contributed by atoms with Crippen LogP contribution in [0.1, 0.15) is 5.56 Å². The van der Waals surface area contributed by atoms with Gasteiger partial charge in [0.05, 0.1) is 25.5 Å². The van der Waals surface area contributed by atoms with Crippen molar-refractivity contribution in [2.24, 2.45) is 0 Å². The third-order valence-electron chi connectivity index (χ3n) is 3.63. The van der Waals surface area contributed by atoms with Crippen LogP contribution in [0.4, 0.5) is 5.69 Å². The smallest absolute Gasteiger partial charge is 0.320 e. The zero-order valence-corrected chi connectivity index (χ0v) is 15.7. The van der Waals surface area contributed by atoms with Crippen LogP contribution in [0.15, 0.2) is 53.4 Å². The van der Waals surface area contributed by atoms with Gasteiger partial charge in [0.25, 0.3) is 0 Å². The third kappa shape index (κ3) is 5.80. The molecule has 0 bridgehead atoms. The Hall–Kier alpha value is -2.91. The van der Waals surface area contributed by atoms with Gasteiger partial charge >= 0.3 is 5.97 Å². The second-order valence-electron chi connectivity index (χ2n) is 5.46. The van der Waals surface area contributed by atoms with Crippen LogP contribution in [0, 0.1) is 0 Å². The summed E-state index contributed by atoms with van der Waals surface area (Å²) in [5, 5.41) is 2.70. The summed E-state index contributed by atoms with van der Waals surface area (Å²) >= 11 is 0. The van der Waals surface area contributed by atoms with Crippen LogP contribution >= 0.6 is 0 Å². The summed E-state index contributed by atoms with van der Waals surface area (Å²) in [7, 11) is -1.15. The number of ether oxygens (including phenoxy) is 2. The van der Waals surface area contributed by atoms with Gasteiger partial charge in [0, 0.05) is 11.3 Å². The topological polar surface area (TPSA) is 111 Å². The molecule has 2 aromatic rings. The predicted molar refractivity (Wildman–Crippen MR) is 99.0 cm³/mol. The first-order valence-corrected chi connectivity index (χ1v) is 9.42. The van der Waals surface area contributed by atoms with Gasteiger partial charge in [-0.05, 0) is 30.3 Å². The summed E-state index contributed by atoms with van der Waals surface area (Å²) < 4.78 is 35.9. The highest BCUT2D eigenvalue weighted by atomic mass is 32.2. The molecule has 0 saturated heterocycles. The number of hydrogen-bond acceptors (Lipinski definition) is 6. The van der Waals surface area contributed by atoms with Crippen molar-refractivity contribution in [2.75, 3.05) is 26.1 Å². The Morgan fingerprint density at radius 1 is 1.00 bits per heavy atom. The third-order valence-corrected chi connectivity index (χ3v) is 5.04. The van der Waals surface area contributed by atoms with Crippen molar-refractivity contribution in [1.29, 1.82) is 0 Å². The lowest BCUT2D eigenvalue weighted by atomic mass is 10.1. The molecule has 0 aliphatic rings. The fourth-order valence-electron chi connectivity index (χ4n) is 2.25. The number of hydrogen-bond donors (Lipinski definition) is 2. The van der Waals surface area contributed by atoms with E-state index in [1.165, 1.54) is 38.5 Å². The Kier molecular flexibility index (Phi) is 6.91. The summed E-state index contributed by atoms with van der Waals surface area (Å²) in [6.45, 7) is -0.462. The van der Waals surface area contributed by atoms with E-state index in [2.05, 4.69) is 14.8 Å². The highest BCUT2D eigenvalue weighted by molar-refractivity contribution is 7.89. The van der Waals surface area contributed by atoms with Gasteiger partial charge in [-0.1, -0.05) is 18.2 Å². The molecule has 2 aromatic carbocycles. The Bertz CT molecular complexity index is 910. The van der Waals surface area contributed by atoms with Crippen LogP contribution < -0.4 is 14.8 Å². The van der Waals surface area contributed by atoms with E-state index in [-0.39, 0.29) is 17.2 Å². The quantitative estimate of drug-likeness (QED) is 0.656. The molecule has 0 aliphatic heterocycles. The molecule has 144 valence electrons. The Balaban J connectivity index is 2.00. The van der Waals surface area contributed by atoms with Gasteiger partial charge in [-0.25, -0.2) is 8.42 Å². The largest absolute Gasteiger partial charge is 0.496 e. The second-order valence-corrected chi connectivity index (χ2v) is 7.23. The molecule has 1 amide bonds. The SMILES string of the molecule is COC(=O)CNS(=O)(=O)c1ccc(NC(=O)Cc2ccccc2OC)cc1. The van der Waals surface area contributed by atoms with Crippen molar-refractivity contribution in [3.8, 4) is 5.75 Å². The normalized spacial score (nSPS) is 10.9. The number of nitrogens with one attached hydrogen (secondary N) is 2. The number of carbonyl (C=O) groups is 2. The molecule has 0 heterocycles. The average molecular weight is 392 g/mol. The number of sulfonamides is 1. The second kappa shape index (κ2) is 9.15. The van der Waals surface area contributed by atoms with Crippen LogP contribution in [0.25, 0.3) is 0 Å². The molecule has 0 radical (unpaired) electrons. The lowest BCUT2D eigenvalue weighted by molar-refractivity contribution is -0.139. The molecule has 2 rings (SSSR count). The number of esters is 1. The van der Waals surface area contributed by atoms with Gasteiger partial charge in [-0.3, -0.25) is 9.59 Å². The van der Waals surface area contributed by atoms with Crippen molar-refractivity contribution in [3.63, 3.8) is 0 Å². The Labute approximate surface area is 157 Å². The molecular weight excluding hydrogens is 372 g/mol. The fraction of sp³-hybridized carbons (Fsp3) is 0.222. The maximum absolute atomic E-state index is 12.2. The van der Waals surface area contributed by atoms with Crippen molar-refractivity contribution < 1.29 is 27.5 Å². The van der Waals surface area contributed by atoms with Crippen LogP contribution in [-0.4, -0.2) is 41.1 Å². The first kappa shape index (κ1) is 20.4. The highest BCUT2D eigenvalue weighted by Crippen LogP contribution is 2.19. The standard InChI is InChI=1S/C18H20N2O6S/c1-25-16-6-4-3-5-13(16)11-17(21)20-14-7-9-15(10-8-14)27(23,24)19-12-18(22)26-2/h3-10,19H,11-12H2,1-2H3,(H,20,21). The van der Waals surface area contributed by atoms with E-state index in [1.807, 2.05) is 12.1 Å². The maximum atomic E-state index is 12.2. The summed E-state index contributed by atoms with van der Waals surface area (Å²) in [4.78, 5) is 23.2.